The van der Waals surface area contributed by atoms with E-state index >= 15 is 0 Å². The molecule has 1 aliphatic heterocycles. The second kappa shape index (κ2) is 7.45. The van der Waals surface area contributed by atoms with E-state index in [1.165, 1.54) is 11.3 Å². The third kappa shape index (κ3) is 5.62. The number of rotatable bonds is 5. The van der Waals surface area contributed by atoms with Gasteiger partial charge in [0.25, 0.3) is 0 Å². The molecule has 128 valence electrons. The van der Waals surface area contributed by atoms with Crippen LogP contribution in [0.1, 0.15) is 36.9 Å². The molecule has 23 heavy (non-hydrogen) atoms. The van der Waals surface area contributed by atoms with Crippen LogP contribution in [0, 0.1) is 5.92 Å². The molecule has 0 unspecified atom stereocenters. The van der Waals surface area contributed by atoms with Crippen molar-refractivity contribution in [3.63, 3.8) is 0 Å². The van der Waals surface area contributed by atoms with E-state index in [2.05, 4.69) is 0 Å². The van der Waals surface area contributed by atoms with Gasteiger partial charge in [0.05, 0.1) is 11.4 Å². The van der Waals surface area contributed by atoms with Crippen molar-refractivity contribution in [1.29, 1.82) is 0 Å². The number of carbonyl (C=O) groups is 2. The number of carbonyl (C=O) groups excluding carboxylic acids is 2. The molecule has 0 saturated carbocycles. The molecule has 5 nitrogen and oxygen atoms in total. The number of likely N-dealkylation sites (N-methyl/N-ethyl adjacent to an activating group) is 1. The van der Waals surface area contributed by atoms with Gasteiger partial charge in [0.2, 0.25) is 0 Å². The molecule has 0 aliphatic carbocycles. The molecule has 1 fully saturated rings. The van der Waals surface area contributed by atoms with Crippen molar-refractivity contribution >= 4 is 23.2 Å². The second-order valence-electron chi connectivity index (χ2n) is 7.18. The number of hydrogen-bond donors (Lipinski definition) is 0. The molecule has 1 aromatic rings. The van der Waals surface area contributed by atoms with Crippen LogP contribution < -0.4 is 0 Å². The Balaban J connectivity index is 1.76. The molecule has 0 aromatic carbocycles. The molecule has 1 amide bonds. The van der Waals surface area contributed by atoms with Gasteiger partial charge in [-0.05, 0) is 51.6 Å². The zero-order valence-corrected chi connectivity index (χ0v) is 15.2. The molecule has 0 bridgehead atoms. The molecule has 0 radical (unpaired) electrons. The second-order valence-corrected chi connectivity index (χ2v) is 8.13. The van der Waals surface area contributed by atoms with Gasteiger partial charge in [-0.1, -0.05) is 6.07 Å². The smallest absolute Gasteiger partial charge is 0.410 e. The number of thiophene rings is 1. The first-order chi connectivity index (χ1) is 10.7. The summed E-state index contributed by atoms with van der Waals surface area (Å²) in [7, 11) is 1.96. The molecule has 0 spiro atoms. The number of nitrogens with zero attached hydrogens (tertiary/aromatic N) is 2. The van der Waals surface area contributed by atoms with Crippen molar-refractivity contribution in [3.8, 4) is 0 Å². The van der Waals surface area contributed by atoms with Gasteiger partial charge in [0.15, 0.2) is 5.78 Å². The Morgan fingerprint density at radius 1 is 1.43 bits per heavy atom. The van der Waals surface area contributed by atoms with Gasteiger partial charge in [-0.25, -0.2) is 4.79 Å². The van der Waals surface area contributed by atoms with Gasteiger partial charge in [-0.15, -0.1) is 11.3 Å². The highest BCUT2D eigenvalue weighted by Crippen LogP contribution is 2.20. The maximum Gasteiger partial charge on any atom is 0.410 e. The standard InChI is InChI=1S/C17H26N2O3S/c1-17(2,3)22-16(21)19-8-7-13(11-19)10-18(4)12-14(20)15-6-5-9-23-15/h5-6,9,13H,7-8,10-12H2,1-4H3/t13-/m1/s1. The molecule has 1 aromatic heterocycles. The van der Waals surface area contributed by atoms with E-state index in [0.717, 1.165) is 24.4 Å². The molecule has 6 heteroatoms. The van der Waals surface area contributed by atoms with Crippen LogP contribution in [-0.2, 0) is 4.74 Å². The summed E-state index contributed by atoms with van der Waals surface area (Å²) in [5.41, 5.74) is -0.459. The minimum Gasteiger partial charge on any atom is -0.444 e. The Morgan fingerprint density at radius 2 is 2.17 bits per heavy atom. The molecule has 2 rings (SSSR count). The molecule has 1 atom stereocenters. The van der Waals surface area contributed by atoms with Crippen molar-refractivity contribution in [1.82, 2.24) is 9.80 Å². The van der Waals surface area contributed by atoms with E-state index < -0.39 is 5.60 Å². The van der Waals surface area contributed by atoms with Gasteiger partial charge in [-0.2, -0.15) is 0 Å². The van der Waals surface area contributed by atoms with Crippen molar-refractivity contribution in [3.05, 3.63) is 22.4 Å². The summed E-state index contributed by atoms with van der Waals surface area (Å²) < 4.78 is 5.41. The van der Waals surface area contributed by atoms with E-state index in [1.54, 1.807) is 4.90 Å². The highest BCUT2D eigenvalue weighted by molar-refractivity contribution is 7.12. The Hall–Kier alpha value is -1.40. The fourth-order valence-electron chi connectivity index (χ4n) is 2.74. The third-order valence-electron chi connectivity index (χ3n) is 3.72. The number of ether oxygens (including phenoxy) is 1. The van der Waals surface area contributed by atoms with Crippen LogP contribution in [0.15, 0.2) is 17.5 Å². The SMILES string of the molecule is CN(CC(=O)c1cccs1)C[C@H]1CCN(C(=O)OC(C)(C)C)C1. The van der Waals surface area contributed by atoms with Crippen molar-refractivity contribution in [2.24, 2.45) is 5.92 Å². The molecule has 2 heterocycles. The van der Waals surface area contributed by atoms with Crippen molar-refractivity contribution < 1.29 is 14.3 Å². The summed E-state index contributed by atoms with van der Waals surface area (Å²) in [6, 6.07) is 3.76. The maximum atomic E-state index is 12.1. The molecule has 1 aliphatic rings. The predicted octanol–water partition coefficient (Wildman–Crippen LogP) is 3.12. The normalized spacial score (nSPS) is 18.5. The van der Waals surface area contributed by atoms with Gasteiger partial charge in [0, 0.05) is 19.6 Å². The number of amides is 1. The summed E-state index contributed by atoms with van der Waals surface area (Å²) >= 11 is 1.48. The van der Waals surface area contributed by atoms with Gasteiger partial charge < -0.3 is 9.64 Å². The zero-order chi connectivity index (χ0) is 17.0. The van der Waals surface area contributed by atoms with Crippen LogP contribution in [0.2, 0.25) is 0 Å². The van der Waals surface area contributed by atoms with E-state index in [0.29, 0.717) is 19.0 Å². The Morgan fingerprint density at radius 3 is 2.78 bits per heavy atom. The topological polar surface area (TPSA) is 49.9 Å². The Labute approximate surface area is 142 Å². The first-order valence-electron chi connectivity index (χ1n) is 7.98. The van der Waals surface area contributed by atoms with E-state index in [9.17, 15) is 9.59 Å². The van der Waals surface area contributed by atoms with Crippen LogP contribution in [0.5, 0.6) is 0 Å². The zero-order valence-electron chi connectivity index (χ0n) is 14.4. The maximum absolute atomic E-state index is 12.1. The number of likely N-dealkylation sites (tertiary alicyclic amines) is 1. The molecule has 0 N–H and O–H groups in total. The van der Waals surface area contributed by atoms with Crippen LogP contribution in [0.25, 0.3) is 0 Å². The van der Waals surface area contributed by atoms with E-state index in [-0.39, 0.29) is 11.9 Å². The molecular weight excluding hydrogens is 312 g/mol. The average Bonchev–Trinajstić information content (AvgIpc) is 3.07. The minimum atomic E-state index is -0.459. The quantitative estimate of drug-likeness (QED) is 0.774. The number of Topliss-reactive ketones (excluding diaryl/α,β-unsaturated/α-hetero) is 1. The summed E-state index contributed by atoms with van der Waals surface area (Å²) in [6.07, 6.45) is 0.717. The highest BCUT2D eigenvalue weighted by atomic mass is 32.1. The summed E-state index contributed by atoms with van der Waals surface area (Å²) in [6.45, 7) is 8.30. The number of ketones is 1. The lowest BCUT2D eigenvalue weighted by molar-refractivity contribution is 0.0285. The van der Waals surface area contributed by atoms with Crippen LogP contribution >= 0.6 is 11.3 Å². The van der Waals surface area contributed by atoms with Crippen LogP contribution in [0.3, 0.4) is 0 Å². The third-order valence-corrected chi connectivity index (χ3v) is 4.63. The minimum absolute atomic E-state index is 0.157. The van der Waals surface area contributed by atoms with Crippen LogP contribution in [-0.4, -0.2) is 60.5 Å². The van der Waals surface area contributed by atoms with Crippen molar-refractivity contribution in [2.75, 3.05) is 33.2 Å². The summed E-state index contributed by atoms with van der Waals surface area (Å²) in [4.78, 5) is 28.8. The average molecular weight is 338 g/mol. The first kappa shape index (κ1) is 17.9. The lowest BCUT2D eigenvalue weighted by Gasteiger charge is -2.25. The Kier molecular flexibility index (Phi) is 5.81. The van der Waals surface area contributed by atoms with E-state index in [1.807, 2.05) is 50.2 Å². The lowest BCUT2D eigenvalue weighted by Crippen LogP contribution is -2.36. The highest BCUT2D eigenvalue weighted by Gasteiger charge is 2.30. The fourth-order valence-corrected chi connectivity index (χ4v) is 3.40. The molecule has 1 saturated heterocycles. The van der Waals surface area contributed by atoms with Crippen LogP contribution in [0.4, 0.5) is 4.79 Å². The predicted molar refractivity (Wildman–Crippen MR) is 92.1 cm³/mol. The summed E-state index contributed by atoms with van der Waals surface area (Å²) in [5, 5.41) is 1.92. The van der Waals surface area contributed by atoms with Gasteiger partial charge in [-0.3, -0.25) is 9.69 Å². The van der Waals surface area contributed by atoms with E-state index in [4.69, 9.17) is 4.74 Å². The fraction of sp³-hybridized carbons (Fsp3) is 0.647. The summed E-state index contributed by atoms with van der Waals surface area (Å²) in [5.74, 6) is 0.549. The van der Waals surface area contributed by atoms with Gasteiger partial charge >= 0.3 is 6.09 Å². The lowest BCUT2D eigenvalue weighted by atomic mass is 10.1. The largest absolute Gasteiger partial charge is 0.444 e. The van der Waals surface area contributed by atoms with Gasteiger partial charge in [0.1, 0.15) is 5.60 Å². The van der Waals surface area contributed by atoms with Crippen molar-refractivity contribution in [2.45, 2.75) is 32.8 Å². The number of hydrogen-bond acceptors (Lipinski definition) is 5. The molecular formula is C17H26N2O3S. The Bertz CT molecular complexity index is 537. The first-order valence-corrected chi connectivity index (χ1v) is 8.86. The monoisotopic (exact) mass is 338 g/mol.